The molecule has 1 saturated carbocycles. The van der Waals surface area contributed by atoms with Crippen molar-refractivity contribution in [1.82, 2.24) is 0 Å². The minimum Gasteiger partial charge on any atom is -0.481 e. The number of nitrogens with zero attached hydrogens (tertiary/aromatic N) is 2. The highest BCUT2D eigenvalue weighted by Crippen LogP contribution is 2.40. The van der Waals surface area contributed by atoms with Crippen LogP contribution in [0.4, 0.5) is 5.69 Å². The lowest BCUT2D eigenvalue weighted by Crippen LogP contribution is -2.29. The molecule has 1 aromatic rings. The highest BCUT2D eigenvalue weighted by Gasteiger charge is 2.49. The van der Waals surface area contributed by atoms with Crippen LogP contribution >= 0.6 is 0 Å². The number of rotatable bonds is 3. The first-order valence-corrected chi connectivity index (χ1v) is 5.55. The van der Waals surface area contributed by atoms with E-state index < -0.39 is 17.8 Å². The van der Waals surface area contributed by atoms with Crippen LogP contribution < -0.4 is 4.90 Å². The van der Waals surface area contributed by atoms with E-state index in [1.807, 2.05) is 6.07 Å². The molecule has 5 heteroatoms. The molecule has 2 rings (SSSR count). The van der Waals surface area contributed by atoms with Gasteiger partial charge in [-0.25, -0.2) is 0 Å². The molecule has 18 heavy (non-hydrogen) atoms. The Labute approximate surface area is 104 Å². The molecule has 0 bridgehead atoms. The smallest absolute Gasteiger partial charge is 0.307 e. The zero-order valence-electron chi connectivity index (χ0n) is 9.83. The van der Waals surface area contributed by atoms with E-state index in [0.29, 0.717) is 17.7 Å². The van der Waals surface area contributed by atoms with E-state index >= 15 is 0 Å². The number of carbonyl (C=O) groups is 2. The Hall–Kier alpha value is -2.35. The number of nitriles is 1. The third kappa shape index (κ3) is 2.05. The summed E-state index contributed by atoms with van der Waals surface area (Å²) in [5.74, 6) is -2.21. The van der Waals surface area contributed by atoms with Crippen LogP contribution in [0, 0.1) is 23.2 Å². The second kappa shape index (κ2) is 4.49. The van der Waals surface area contributed by atoms with Crippen molar-refractivity contribution in [3.63, 3.8) is 0 Å². The number of hydrogen-bond donors (Lipinski definition) is 1. The Morgan fingerprint density at radius 1 is 1.39 bits per heavy atom. The molecule has 2 atom stereocenters. The van der Waals surface area contributed by atoms with Gasteiger partial charge < -0.3 is 10.0 Å². The molecule has 1 aromatic carbocycles. The molecule has 5 nitrogen and oxygen atoms in total. The summed E-state index contributed by atoms with van der Waals surface area (Å²) < 4.78 is 0. The largest absolute Gasteiger partial charge is 0.481 e. The van der Waals surface area contributed by atoms with Crippen molar-refractivity contribution in [2.24, 2.45) is 11.8 Å². The van der Waals surface area contributed by atoms with Crippen LogP contribution in [-0.2, 0) is 9.59 Å². The van der Waals surface area contributed by atoms with Crippen molar-refractivity contribution in [2.45, 2.75) is 6.42 Å². The first-order valence-electron chi connectivity index (χ1n) is 5.55. The first kappa shape index (κ1) is 12.1. The molecule has 92 valence electrons. The Kier molecular flexibility index (Phi) is 3.02. The van der Waals surface area contributed by atoms with Gasteiger partial charge in [-0.05, 0) is 18.6 Å². The zero-order chi connectivity index (χ0) is 13.3. The lowest BCUT2D eigenvalue weighted by atomic mass is 10.1. The summed E-state index contributed by atoms with van der Waals surface area (Å²) in [4.78, 5) is 24.1. The van der Waals surface area contributed by atoms with Crippen LogP contribution in [-0.4, -0.2) is 24.0 Å². The topological polar surface area (TPSA) is 81.4 Å². The van der Waals surface area contributed by atoms with Gasteiger partial charge in [-0.2, -0.15) is 5.26 Å². The maximum atomic E-state index is 12.0. The fourth-order valence-electron chi connectivity index (χ4n) is 1.97. The Morgan fingerprint density at radius 3 is 2.61 bits per heavy atom. The summed E-state index contributed by atoms with van der Waals surface area (Å²) in [6.45, 7) is 0. The molecule has 1 aliphatic rings. The molecule has 0 aliphatic heterocycles. The van der Waals surface area contributed by atoms with Gasteiger partial charge in [0.05, 0.1) is 23.1 Å². The minimum atomic E-state index is -0.935. The normalized spacial score (nSPS) is 20.9. The molecule has 0 unspecified atom stereocenters. The van der Waals surface area contributed by atoms with Crippen molar-refractivity contribution in [1.29, 1.82) is 5.26 Å². The van der Waals surface area contributed by atoms with Gasteiger partial charge in [0.15, 0.2) is 0 Å². The standard InChI is InChI=1S/C13H12N2O3/c1-15(11-5-3-2-4-8(11)7-14)12(16)9-6-10(9)13(17)18/h2-5,9-10H,6H2,1H3,(H,17,18)/t9-,10+/m1/s1. The number of carboxylic acid groups (broad SMARTS) is 1. The van der Waals surface area contributed by atoms with Gasteiger partial charge >= 0.3 is 5.97 Å². The van der Waals surface area contributed by atoms with Crippen molar-refractivity contribution < 1.29 is 14.7 Å². The maximum absolute atomic E-state index is 12.0. The zero-order valence-corrected chi connectivity index (χ0v) is 9.83. The molecule has 0 spiro atoms. The van der Waals surface area contributed by atoms with Crippen LogP contribution in [0.15, 0.2) is 24.3 Å². The van der Waals surface area contributed by atoms with Crippen molar-refractivity contribution in [3.8, 4) is 6.07 Å². The van der Waals surface area contributed by atoms with Crippen LogP contribution in [0.5, 0.6) is 0 Å². The van der Waals surface area contributed by atoms with Gasteiger partial charge in [0.25, 0.3) is 0 Å². The second-order valence-electron chi connectivity index (χ2n) is 4.31. The van der Waals surface area contributed by atoms with Crippen LogP contribution in [0.1, 0.15) is 12.0 Å². The molecule has 0 radical (unpaired) electrons. The molecule has 1 fully saturated rings. The predicted molar refractivity (Wildman–Crippen MR) is 63.8 cm³/mol. The van der Waals surface area contributed by atoms with Crippen molar-refractivity contribution >= 4 is 17.6 Å². The summed E-state index contributed by atoms with van der Waals surface area (Å²) in [6, 6.07) is 8.77. The third-order valence-electron chi connectivity index (χ3n) is 3.14. The Balaban J connectivity index is 2.18. The molecule has 1 N–H and O–H groups in total. The van der Waals surface area contributed by atoms with Gasteiger partial charge in [0.1, 0.15) is 6.07 Å². The lowest BCUT2D eigenvalue weighted by Gasteiger charge is -2.18. The van der Waals surface area contributed by atoms with E-state index in [1.165, 1.54) is 4.90 Å². The fraction of sp³-hybridized carbons (Fsp3) is 0.308. The maximum Gasteiger partial charge on any atom is 0.307 e. The summed E-state index contributed by atoms with van der Waals surface area (Å²) in [6.07, 6.45) is 0.382. The molecular formula is C13H12N2O3. The van der Waals surface area contributed by atoms with E-state index in [4.69, 9.17) is 10.4 Å². The third-order valence-corrected chi connectivity index (χ3v) is 3.14. The van der Waals surface area contributed by atoms with E-state index in [2.05, 4.69) is 0 Å². The summed E-state index contributed by atoms with van der Waals surface area (Å²) in [5.41, 5.74) is 0.918. The quantitative estimate of drug-likeness (QED) is 0.867. The monoisotopic (exact) mass is 244 g/mol. The van der Waals surface area contributed by atoms with E-state index in [0.717, 1.165) is 0 Å². The summed E-state index contributed by atoms with van der Waals surface area (Å²) in [5, 5.41) is 17.8. The number of amides is 1. The average molecular weight is 244 g/mol. The van der Waals surface area contributed by atoms with Crippen LogP contribution in [0.3, 0.4) is 0 Å². The van der Waals surface area contributed by atoms with Crippen LogP contribution in [0.25, 0.3) is 0 Å². The lowest BCUT2D eigenvalue weighted by molar-refractivity contribution is -0.139. The number of hydrogen-bond acceptors (Lipinski definition) is 3. The summed E-state index contributed by atoms with van der Waals surface area (Å²) in [7, 11) is 1.57. The highest BCUT2D eigenvalue weighted by atomic mass is 16.4. The number of carboxylic acids is 1. The predicted octanol–water partition coefficient (Wildman–Crippen LogP) is 1.24. The molecule has 0 aromatic heterocycles. The first-order chi connectivity index (χ1) is 8.56. The van der Waals surface area contributed by atoms with E-state index in [9.17, 15) is 9.59 Å². The van der Waals surface area contributed by atoms with Crippen LogP contribution in [0.2, 0.25) is 0 Å². The van der Waals surface area contributed by atoms with E-state index in [-0.39, 0.29) is 5.91 Å². The number of para-hydroxylation sites is 1. The van der Waals surface area contributed by atoms with Crippen molar-refractivity contribution in [3.05, 3.63) is 29.8 Å². The Bertz CT molecular complexity index is 547. The van der Waals surface area contributed by atoms with E-state index in [1.54, 1.807) is 31.3 Å². The van der Waals surface area contributed by atoms with Gasteiger partial charge in [0, 0.05) is 7.05 Å². The minimum absolute atomic E-state index is 0.245. The molecule has 0 heterocycles. The molecular weight excluding hydrogens is 232 g/mol. The summed E-state index contributed by atoms with van der Waals surface area (Å²) >= 11 is 0. The average Bonchev–Trinajstić information content (AvgIpc) is 3.17. The molecule has 0 saturated heterocycles. The van der Waals surface area contributed by atoms with Gasteiger partial charge in [-0.3, -0.25) is 9.59 Å². The molecule has 1 amide bonds. The fourth-order valence-corrected chi connectivity index (χ4v) is 1.97. The van der Waals surface area contributed by atoms with Gasteiger partial charge in [-0.1, -0.05) is 12.1 Å². The Morgan fingerprint density at radius 2 is 2.06 bits per heavy atom. The number of carbonyl (C=O) groups excluding carboxylic acids is 1. The molecule has 1 aliphatic carbocycles. The number of aliphatic carboxylic acids is 1. The van der Waals surface area contributed by atoms with Crippen molar-refractivity contribution in [2.75, 3.05) is 11.9 Å². The van der Waals surface area contributed by atoms with Gasteiger partial charge in [-0.15, -0.1) is 0 Å². The second-order valence-corrected chi connectivity index (χ2v) is 4.31. The number of anilines is 1. The SMILES string of the molecule is CN(C(=O)[C@@H]1C[C@@H]1C(=O)O)c1ccccc1C#N. The van der Waals surface area contributed by atoms with Gasteiger partial charge in [0.2, 0.25) is 5.91 Å². The highest BCUT2D eigenvalue weighted by molar-refractivity contribution is 6.00. The number of benzene rings is 1.